The standard InChI is InChI=1S/C14H7ClF3N5O/c15-7-1-4-11(23-6-19-21-22-23)8(5-7)14(24)20-10-3-2-9(16)12(17)13(10)18/h1-6H,(H,20,24). The molecule has 6 nitrogen and oxygen atoms in total. The summed E-state index contributed by atoms with van der Waals surface area (Å²) in [5.74, 6) is -5.34. The molecule has 0 aliphatic rings. The second kappa shape index (κ2) is 6.28. The normalized spacial score (nSPS) is 10.7. The average Bonchev–Trinajstić information content (AvgIpc) is 3.09. The summed E-state index contributed by atoms with van der Waals surface area (Å²) in [6.07, 6.45) is 1.25. The Morgan fingerprint density at radius 2 is 1.92 bits per heavy atom. The lowest BCUT2D eigenvalue weighted by Gasteiger charge is -2.11. The van der Waals surface area contributed by atoms with E-state index in [4.69, 9.17) is 11.6 Å². The highest BCUT2D eigenvalue weighted by Gasteiger charge is 2.19. The van der Waals surface area contributed by atoms with Crippen molar-refractivity contribution in [1.29, 1.82) is 0 Å². The molecular formula is C14H7ClF3N5O. The van der Waals surface area contributed by atoms with Gasteiger partial charge in [-0.2, -0.15) is 4.68 Å². The van der Waals surface area contributed by atoms with Gasteiger partial charge in [-0.15, -0.1) is 5.10 Å². The number of nitrogens with one attached hydrogen (secondary N) is 1. The molecular weight excluding hydrogens is 347 g/mol. The average molecular weight is 354 g/mol. The van der Waals surface area contributed by atoms with Gasteiger partial charge in [-0.1, -0.05) is 11.6 Å². The molecule has 0 aliphatic heterocycles. The van der Waals surface area contributed by atoms with Gasteiger partial charge in [0.25, 0.3) is 5.91 Å². The van der Waals surface area contributed by atoms with E-state index in [1.807, 2.05) is 0 Å². The fourth-order valence-corrected chi connectivity index (χ4v) is 2.15. The Morgan fingerprint density at radius 1 is 1.12 bits per heavy atom. The quantitative estimate of drug-likeness (QED) is 0.735. The molecule has 3 rings (SSSR count). The van der Waals surface area contributed by atoms with Gasteiger partial charge in [0.15, 0.2) is 17.5 Å². The highest BCUT2D eigenvalue weighted by molar-refractivity contribution is 6.31. The maximum atomic E-state index is 13.7. The van der Waals surface area contributed by atoms with Crippen molar-refractivity contribution in [3.63, 3.8) is 0 Å². The number of benzene rings is 2. The van der Waals surface area contributed by atoms with Crippen LogP contribution >= 0.6 is 11.6 Å². The molecule has 0 unspecified atom stereocenters. The lowest BCUT2D eigenvalue weighted by Crippen LogP contribution is -2.17. The van der Waals surface area contributed by atoms with Crippen molar-refractivity contribution in [3.8, 4) is 5.69 Å². The molecule has 0 spiro atoms. The van der Waals surface area contributed by atoms with E-state index in [0.717, 1.165) is 6.07 Å². The highest BCUT2D eigenvalue weighted by atomic mass is 35.5. The molecule has 24 heavy (non-hydrogen) atoms. The van der Waals surface area contributed by atoms with Gasteiger partial charge in [0.05, 0.1) is 16.9 Å². The van der Waals surface area contributed by atoms with Crippen molar-refractivity contribution in [2.75, 3.05) is 5.32 Å². The van der Waals surface area contributed by atoms with E-state index in [-0.39, 0.29) is 16.3 Å². The zero-order valence-corrected chi connectivity index (χ0v) is 12.4. The van der Waals surface area contributed by atoms with Gasteiger partial charge in [0, 0.05) is 5.02 Å². The number of aromatic nitrogens is 4. The minimum Gasteiger partial charge on any atom is -0.319 e. The Labute approximate surface area is 137 Å². The number of carbonyl (C=O) groups is 1. The molecule has 0 saturated heterocycles. The van der Waals surface area contributed by atoms with Crippen LogP contribution in [0, 0.1) is 17.5 Å². The predicted octanol–water partition coefficient (Wildman–Crippen LogP) is 2.99. The second-order valence-electron chi connectivity index (χ2n) is 4.59. The van der Waals surface area contributed by atoms with E-state index in [0.29, 0.717) is 6.07 Å². The van der Waals surface area contributed by atoms with E-state index in [2.05, 4.69) is 20.8 Å². The molecule has 0 atom stereocenters. The fourth-order valence-electron chi connectivity index (χ4n) is 1.97. The van der Waals surface area contributed by atoms with Gasteiger partial charge < -0.3 is 5.32 Å². The van der Waals surface area contributed by atoms with Gasteiger partial charge in [-0.3, -0.25) is 4.79 Å². The summed E-state index contributed by atoms with van der Waals surface area (Å²) >= 11 is 5.88. The first-order valence-electron chi connectivity index (χ1n) is 6.45. The summed E-state index contributed by atoms with van der Waals surface area (Å²) in [7, 11) is 0. The first-order chi connectivity index (χ1) is 11.5. The van der Waals surface area contributed by atoms with E-state index < -0.39 is 29.0 Å². The molecule has 0 aliphatic carbocycles. The number of nitrogens with zero attached hydrogens (tertiary/aromatic N) is 4. The molecule has 122 valence electrons. The van der Waals surface area contributed by atoms with Crippen molar-refractivity contribution in [1.82, 2.24) is 20.2 Å². The summed E-state index contributed by atoms with van der Waals surface area (Å²) < 4.78 is 41.1. The van der Waals surface area contributed by atoms with Gasteiger partial charge in [0.2, 0.25) is 0 Å². The number of carbonyl (C=O) groups excluding carboxylic acids is 1. The largest absolute Gasteiger partial charge is 0.319 e. The third-order valence-electron chi connectivity index (χ3n) is 3.08. The topological polar surface area (TPSA) is 72.7 Å². The summed E-state index contributed by atoms with van der Waals surface area (Å²) in [4.78, 5) is 12.4. The molecule has 1 N–H and O–H groups in total. The van der Waals surface area contributed by atoms with Crippen LogP contribution in [-0.4, -0.2) is 26.1 Å². The Kier molecular flexibility index (Phi) is 4.17. The van der Waals surface area contributed by atoms with Gasteiger partial charge in [0.1, 0.15) is 6.33 Å². The SMILES string of the molecule is O=C(Nc1ccc(F)c(F)c1F)c1cc(Cl)ccc1-n1cnnn1. The highest BCUT2D eigenvalue weighted by Crippen LogP contribution is 2.23. The minimum atomic E-state index is -1.68. The van der Waals surface area contributed by atoms with Crippen LogP contribution in [0.5, 0.6) is 0 Å². The molecule has 2 aromatic carbocycles. The van der Waals surface area contributed by atoms with Gasteiger partial charge in [-0.25, -0.2) is 13.2 Å². The van der Waals surface area contributed by atoms with Crippen molar-refractivity contribution >= 4 is 23.2 Å². The number of anilines is 1. The van der Waals surface area contributed by atoms with Crippen molar-refractivity contribution in [2.24, 2.45) is 0 Å². The second-order valence-corrected chi connectivity index (χ2v) is 5.03. The summed E-state index contributed by atoms with van der Waals surface area (Å²) in [6.45, 7) is 0. The van der Waals surface area contributed by atoms with Crippen LogP contribution < -0.4 is 5.32 Å². The molecule has 10 heteroatoms. The van der Waals surface area contributed by atoms with Crippen LogP contribution in [0.4, 0.5) is 18.9 Å². The number of amides is 1. The number of rotatable bonds is 3. The fraction of sp³-hybridized carbons (Fsp3) is 0. The minimum absolute atomic E-state index is 0.0129. The maximum Gasteiger partial charge on any atom is 0.257 e. The first kappa shape index (κ1) is 15.9. The number of hydrogen-bond acceptors (Lipinski definition) is 4. The lowest BCUT2D eigenvalue weighted by atomic mass is 10.1. The Bertz CT molecular complexity index is 917. The summed E-state index contributed by atoms with van der Waals surface area (Å²) in [5, 5.41) is 13.0. The summed E-state index contributed by atoms with van der Waals surface area (Å²) in [5.41, 5.74) is -0.231. The molecule has 3 aromatic rings. The van der Waals surface area contributed by atoms with Crippen molar-refractivity contribution in [3.05, 3.63) is 64.7 Å². The van der Waals surface area contributed by atoms with Crippen LogP contribution in [0.3, 0.4) is 0 Å². The molecule has 1 aromatic heterocycles. The van der Waals surface area contributed by atoms with E-state index in [9.17, 15) is 18.0 Å². The first-order valence-corrected chi connectivity index (χ1v) is 6.83. The van der Waals surface area contributed by atoms with Crippen molar-refractivity contribution in [2.45, 2.75) is 0 Å². The number of halogens is 4. The molecule has 1 amide bonds. The van der Waals surface area contributed by atoms with Gasteiger partial charge >= 0.3 is 0 Å². The molecule has 0 bridgehead atoms. The molecule has 0 fully saturated rings. The number of hydrogen-bond donors (Lipinski definition) is 1. The Balaban J connectivity index is 1.99. The van der Waals surface area contributed by atoms with Crippen molar-refractivity contribution < 1.29 is 18.0 Å². The Morgan fingerprint density at radius 3 is 2.62 bits per heavy atom. The Hall–Kier alpha value is -2.94. The van der Waals surface area contributed by atoms with Crippen LogP contribution in [0.1, 0.15) is 10.4 Å². The van der Waals surface area contributed by atoms with Gasteiger partial charge in [-0.05, 0) is 40.8 Å². The zero-order chi connectivity index (χ0) is 17.3. The lowest BCUT2D eigenvalue weighted by molar-refractivity contribution is 0.102. The molecule has 0 radical (unpaired) electrons. The molecule has 1 heterocycles. The van der Waals surface area contributed by atoms with E-state index >= 15 is 0 Å². The van der Waals surface area contributed by atoms with E-state index in [1.165, 1.54) is 29.2 Å². The van der Waals surface area contributed by atoms with Crippen LogP contribution in [0.25, 0.3) is 5.69 Å². The zero-order valence-electron chi connectivity index (χ0n) is 11.7. The van der Waals surface area contributed by atoms with Crippen LogP contribution in [0.2, 0.25) is 5.02 Å². The number of tetrazole rings is 1. The monoisotopic (exact) mass is 353 g/mol. The van der Waals surface area contributed by atoms with Crippen LogP contribution in [0.15, 0.2) is 36.7 Å². The molecule has 0 saturated carbocycles. The van der Waals surface area contributed by atoms with Crippen LogP contribution in [-0.2, 0) is 0 Å². The van der Waals surface area contributed by atoms with E-state index in [1.54, 1.807) is 0 Å². The smallest absolute Gasteiger partial charge is 0.257 e. The maximum absolute atomic E-state index is 13.7. The predicted molar refractivity (Wildman–Crippen MR) is 78.4 cm³/mol. The third-order valence-corrected chi connectivity index (χ3v) is 3.32. The third kappa shape index (κ3) is 2.93. The summed E-state index contributed by atoms with van der Waals surface area (Å²) in [6, 6.07) is 5.91.